The van der Waals surface area contributed by atoms with Crippen molar-refractivity contribution in [2.75, 3.05) is 18.0 Å². The first-order valence-electron chi connectivity index (χ1n) is 9.11. The van der Waals surface area contributed by atoms with E-state index in [1.165, 1.54) is 6.07 Å². The summed E-state index contributed by atoms with van der Waals surface area (Å²) in [7, 11) is 0. The van der Waals surface area contributed by atoms with Gasteiger partial charge in [-0.2, -0.15) is 0 Å². The number of pyridine rings is 2. The van der Waals surface area contributed by atoms with Crippen LogP contribution in [0.3, 0.4) is 0 Å². The van der Waals surface area contributed by atoms with E-state index >= 15 is 0 Å². The predicted molar refractivity (Wildman–Crippen MR) is 104 cm³/mol. The van der Waals surface area contributed by atoms with Crippen molar-refractivity contribution < 1.29 is 4.39 Å². The number of aromatic amines is 1. The number of nitrogens with one attached hydrogen (secondary N) is 1. The van der Waals surface area contributed by atoms with Crippen LogP contribution in [0.1, 0.15) is 12.8 Å². The largest absolute Gasteiger partial charge is 0.356 e. The molecule has 1 saturated heterocycles. The van der Waals surface area contributed by atoms with Gasteiger partial charge in [0, 0.05) is 31.0 Å². The molecule has 1 aliphatic rings. The van der Waals surface area contributed by atoms with Crippen molar-refractivity contribution in [1.82, 2.24) is 19.9 Å². The summed E-state index contributed by atoms with van der Waals surface area (Å²) in [5.41, 5.74) is 3.63. The Bertz CT molecular complexity index is 1080. The van der Waals surface area contributed by atoms with Crippen LogP contribution in [0, 0.1) is 5.82 Å². The van der Waals surface area contributed by atoms with Crippen LogP contribution in [0.2, 0.25) is 0 Å². The maximum atomic E-state index is 14.6. The van der Waals surface area contributed by atoms with Gasteiger partial charge in [0.25, 0.3) is 0 Å². The number of anilines is 1. The molecule has 1 fully saturated rings. The number of benzene rings is 1. The van der Waals surface area contributed by atoms with E-state index in [-0.39, 0.29) is 5.82 Å². The van der Waals surface area contributed by atoms with Crippen LogP contribution >= 0.6 is 0 Å². The summed E-state index contributed by atoms with van der Waals surface area (Å²) in [5, 5.41) is 0. The molecular weight excluding hydrogens is 341 g/mol. The molecule has 0 atom stereocenters. The molecule has 0 radical (unpaired) electrons. The first-order chi connectivity index (χ1) is 13.3. The highest BCUT2D eigenvalue weighted by Gasteiger charge is 2.24. The Morgan fingerprint density at radius 3 is 2.59 bits per heavy atom. The molecule has 0 spiro atoms. The highest BCUT2D eigenvalue weighted by atomic mass is 19.1. The van der Waals surface area contributed by atoms with Crippen LogP contribution in [0.25, 0.3) is 33.7 Å². The molecule has 0 saturated carbocycles. The van der Waals surface area contributed by atoms with Gasteiger partial charge < -0.3 is 9.88 Å². The van der Waals surface area contributed by atoms with Gasteiger partial charge in [-0.1, -0.05) is 12.1 Å². The van der Waals surface area contributed by atoms with Gasteiger partial charge in [-0.05, 0) is 43.2 Å². The van der Waals surface area contributed by atoms with Crippen molar-refractivity contribution in [3.63, 3.8) is 0 Å². The molecule has 27 heavy (non-hydrogen) atoms. The second kappa shape index (κ2) is 6.46. The van der Waals surface area contributed by atoms with Gasteiger partial charge >= 0.3 is 0 Å². The minimum atomic E-state index is -0.353. The summed E-state index contributed by atoms with van der Waals surface area (Å²) in [5.74, 6) is 1.16. The smallest absolute Gasteiger partial charge is 0.149 e. The maximum absolute atomic E-state index is 14.6. The van der Waals surface area contributed by atoms with E-state index in [0.717, 1.165) is 48.3 Å². The molecule has 0 aliphatic carbocycles. The molecule has 4 aromatic rings. The molecule has 5 rings (SSSR count). The number of rotatable bonds is 3. The minimum absolute atomic E-state index is 0.316. The van der Waals surface area contributed by atoms with E-state index in [4.69, 9.17) is 4.98 Å². The van der Waals surface area contributed by atoms with Crippen molar-refractivity contribution in [2.24, 2.45) is 0 Å². The summed E-state index contributed by atoms with van der Waals surface area (Å²) in [4.78, 5) is 19.3. The lowest BCUT2D eigenvalue weighted by Crippen LogP contribution is -2.20. The van der Waals surface area contributed by atoms with Crippen molar-refractivity contribution >= 4 is 16.9 Å². The monoisotopic (exact) mass is 359 g/mol. The lowest BCUT2D eigenvalue weighted by molar-refractivity contribution is 0.626. The Morgan fingerprint density at radius 2 is 1.78 bits per heavy atom. The summed E-state index contributed by atoms with van der Waals surface area (Å²) in [6.07, 6.45) is 5.59. The van der Waals surface area contributed by atoms with Gasteiger partial charge in [-0.3, -0.25) is 4.98 Å². The number of hydrogen-bond acceptors (Lipinski definition) is 4. The molecule has 4 heterocycles. The molecule has 134 valence electrons. The van der Waals surface area contributed by atoms with E-state index < -0.39 is 0 Å². The fourth-order valence-electron chi connectivity index (χ4n) is 3.71. The molecule has 1 N–H and O–H groups in total. The number of nitrogens with zero attached hydrogens (tertiary/aromatic N) is 4. The molecular formula is C21H18FN5. The fraction of sp³-hybridized carbons (Fsp3) is 0.190. The normalized spacial score (nSPS) is 14.2. The van der Waals surface area contributed by atoms with Gasteiger partial charge in [0.15, 0.2) is 0 Å². The number of imidazole rings is 1. The molecule has 1 aromatic carbocycles. The lowest BCUT2D eigenvalue weighted by Gasteiger charge is -2.21. The molecule has 3 aromatic heterocycles. The van der Waals surface area contributed by atoms with E-state index in [2.05, 4.69) is 19.9 Å². The van der Waals surface area contributed by atoms with Gasteiger partial charge in [-0.25, -0.2) is 14.4 Å². The van der Waals surface area contributed by atoms with E-state index in [9.17, 15) is 4.39 Å². The van der Waals surface area contributed by atoms with Crippen LogP contribution in [-0.2, 0) is 0 Å². The van der Waals surface area contributed by atoms with Gasteiger partial charge in [0.1, 0.15) is 23.2 Å². The average molecular weight is 359 g/mol. The van der Waals surface area contributed by atoms with Gasteiger partial charge in [-0.15, -0.1) is 0 Å². The third kappa shape index (κ3) is 2.73. The first-order valence-corrected chi connectivity index (χ1v) is 9.11. The van der Waals surface area contributed by atoms with E-state index in [0.29, 0.717) is 17.1 Å². The molecule has 1 aliphatic heterocycles. The summed E-state index contributed by atoms with van der Waals surface area (Å²) in [6, 6.07) is 12.7. The van der Waals surface area contributed by atoms with E-state index in [1.807, 2.05) is 30.3 Å². The number of hydrogen-bond donors (Lipinski definition) is 1. The third-order valence-electron chi connectivity index (χ3n) is 4.98. The Labute approximate surface area is 155 Å². The summed E-state index contributed by atoms with van der Waals surface area (Å²) >= 11 is 0. The fourth-order valence-corrected chi connectivity index (χ4v) is 3.71. The van der Waals surface area contributed by atoms with Crippen LogP contribution in [0.5, 0.6) is 0 Å². The number of fused-ring (bicyclic) bond motifs is 1. The van der Waals surface area contributed by atoms with Crippen LogP contribution in [-0.4, -0.2) is 33.0 Å². The van der Waals surface area contributed by atoms with Crippen LogP contribution in [0.15, 0.2) is 54.9 Å². The average Bonchev–Trinajstić information content (AvgIpc) is 3.37. The molecule has 0 unspecified atom stereocenters. The highest BCUT2D eigenvalue weighted by Crippen LogP contribution is 2.38. The highest BCUT2D eigenvalue weighted by molar-refractivity contribution is 5.90. The second-order valence-corrected chi connectivity index (χ2v) is 6.69. The zero-order chi connectivity index (χ0) is 18.2. The Hall–Kier alpha value is -3.28. The minimum Gasteiger partial charge on any atom is -0.356 e. The predicted octanol–water partition coefficient (Wildman–Crippen LogP) is 4.43. The summed E-state index contributed by atoms with van der Waals surface area (Å²) in [6.45, 7) is 1.88. The number of H-pyrrole nitrogens is 1. The first kappa shape index (κ1) is 15.9. The number of aromatic nitrogens is 4. The second-order valence-electron chi connectivity index (χ2n) is 6.69. The standard InChI is InChI=1S/C21H18FN5/c22-15-6-5-10-23-19(15)14-9-11-24-21(27-12-3-4-13-27)18(14)20-25-16-7-1-2-8-17(16)26-20/h1-2,5-11H,3-4,12-13H2,(H,25,26). The molecule has 5 nitrogen and oxygen atoms in total. The zero-order valence-corrected chi connectivity index (χ0v) is 14.7. The van der Waals surface area contributed by atoms with Crippen molar-refractivity contribution in [2.45, 2.75) is 12.8 Å². The Morgan fingerprint density at radius 1 is 0.926 bits per heavy atom. The molecule has 6 heteroatoms. The van der Waals surface area contributed by atoms with Gasteiger partial charge in [0.2, 0.25) is 0 Å². The summed E-state index contributed by atoms with van der Waals surface area (Å²) < 4.78 is 14.6. The topological polar surface area (TPSA) is 57.7 Å². The molecule has 0 bridgehead atoms. The van der Waals surface area contributed by atoms with Crippen LogP contribution in [0.4, 0.5) is 10.2 Å². The van der Waals surface area contributed by atoms with E-state index in [1.54, 1.807) is 18.5 Å². The Balaban J connectivity index is 1.79. The van der Waals surface area contributed by atoms with Gasteiger partial charge in [0.05, 0.1) is 16.6 Å². The Kier molecular flexibility index (Phi) is 3.81. The van der Waals surface area contributed by atoms with Crippen molar-refractivity contribution in [3.8, 4) is 22.6 Å². The third-order valence-corrected chi connectivity index (χ3v) is 4.98. The quantitative estimate of drug-likeness (QED) is 0.588. The van der Waals surface area contributed by atoms with Crippen LogP contribution < -0.4 is 4.90 Å². The number of para-hydroxylation sites is 2. The lowest BCUT2D eigenvalue weighted by atomic mass is 10.0. The molecule has 0 amide bonds. The maximum Gasteiger partial charge on any atom is 0.149 e. The zero-order valence-electron chi connectivity index (χ0n) is 14.7. The van der Waals surface area contributed by atoms with Crippen molar-refractivity contribution in [1.29, 1.82) is 0 Å². The number of halogens is 1. The van der Waals surface area contributed by atoms with Crippen molar-refractivity contribution in [3.05, 3.63) is 60.7 Å². The SMILES string of the molecule is Fc1cccnc1-c1ccnc(N2CCCC2)c1-c1nc2ccccc2[nH]1.